The first-order valence-electron chi connectivity index (χ1n) is 4.60. The summed E-state index contributed by atoms with van der Waals surface area (Å²) in [5.74, 6) is 1.24. The van der Waals surface area contributed by atoms with E-state index in [-0.39, 0.29) is 5.22 Å². The quantitative estimate of drug-likeness (QED) is 0.826. The molecule has 4 nitrogen and oxygen atoms in total. The average molecular weight is 240 g/mol. The lowest BCUT2D eigenvalue weighted by Crippen LogP contribution is -1.92. The lowest BCUT2D eigenvalue weighted by Gasteiger charge is -2.10. The van der Waals surface area contributed by atoms with E-state index in [9.17, 15) is 0 Å². The first kappa shape index (κ1) is 10.8. The molecule has 1 aromatic carbocycles. The van der Waals surface area contributed by atoms with Gasteiger partial charge < -0.3 is 14.0 Å². The van der Waals surface area contributed by atoms with Gasteiger partial charge in [0.05, 0.1) is 14.2 Å². The minimum atomic E-state index is 0.236. The molecule has 1 heterocycles. The smallest absolute Gasteiger partial charge is 0.226 e. The predicted octanol–water partition coefficient (Wildman–Crippen LogP) is 3.01. The summed E-state index contributed by atoms with van der Waals surface area (Å²) in [6.45, 7) is 0. The molecule has 0 N–H and O–H groups in total. The third-order valence-corrected chi connectivity index (χ3v) is 2.34. The average Bonchev–Trinajstić information content (AvgIpc) is 2.74. The van der Waals surface area contributed by atoms with Crippen LogP contribution in [0, 0.1) is 0 Å². The summed E-state index contributed by atoms with van der Waals surface area (Å²) >= 11 is 5.68. The molecule has 0 saturated carbocycles. The van der Waals surface area contributed by atoms with Crippen molar-refractivity contribution in [2.24, 2.45) is 0 Å². The molecule has 0 saturated heterocycles. The first-order valence-corrected chi connectivity index (χ1v) is 4.97. The van der Waals surface area contributed by atoms with Crippen molar-refractivity contribution >= 4 is 11.6 Å². The Morgan fingerprint density at radius 1 is 1.25 bits per heavy atom. The fraction of sp³-hybridized carbons (Fsp3) is 0.182. The monoisotopic (exact) mass is 239 g/mol. The Hall–Kier alpha value is -1.68. The number of halogens is 1. The molecule has 0 aliphatic carbocycles. The highest BCUT2D eigenvalue weighted by Gasteiger charge is 2.14. The van der Waals surface area contributed by atoms with Gasteiger partial charge in [-0.25, -0.2) is 0 Å². The number of para-hydroxylation sites is 1. The van der Waals surface area contributed by atoms with E-state index >= 15 is 0 Å². The summed E-state index contributed by atoms with van der Waals surface area (Å²) in [7, 11) is 3.15. The van der Waals surface area contributed by atoms with E-state index in [1.165, 1.54) is 0 Å². The van der Waals surface area contributed by atoms with Gasteiger partial charge in [0.1, 0.15) is 5.69 Å². The molecule has 1 aromatic heterocycles. The van der Waals surface area contributed by atoms with E-state index in [4.69, 9.17) is 25.6 Å². The van der Waals surface area contributed by atoms with Crippen molar-refractivity contribution in [2.45, 2.75) is 0 Å². The Bertz CT molecular complexity index is 496. The van der Waals surface area contributed by atoms with Gasteiger partial charge in [0.25, 0.3) is 0 Å². The molecule has 0 atom stereocenters. The van der Waals surface area contributed by atoms with E-state index in [1.54, 1.807) is 20.3 Å². The maximum Gasteiger partial charge on any atom is 0.226 e. The topological polar surface area (TPSA) is 44.5 Å². The number of hydrogen-bond donors (Lipinski definition) is 0. The van der Waals surface area contributed by atoms with Crippen molar-refractivity contribution in [2.75, 3.05) is 14.2 Å². The second kappa shape index (κ2) is 4.45. The van der Waals surface area contributed by atoms with Crippen LogP contribution in [-0.4, -0.2) is 19.4 Å². The highest BCUT2D eigenvalue weighted by molar-refractivity contribution is 6.29. The third-order valence-electron chi connectivity index (χ3n) is 2.16. The summed E-state index contributed by atoms with van der Waals surface area (Å²) in [5, 5.41) is 4.06. The maximum absolute atomic E-state index is 5.68. The molecule has 0 radical (unpaired) electrons. The Labute approximate surface area is 97.7 Å². The lowest BCUT2D eigenvalue weighted by molar-refractivity contribution is 0.355. The minimum absolute atomic E-state index is 0.236. The fourth-order valence-electron chi connectivity index (χ4n) is 1.47. The van der Waals surface area contributed by atoms with Crippen LogP contribution in [0.5, 0.6) is 11.5 Å². The third kappa shape index (κ3) is 1.84. The van der Waals surface area contributed by atoms with Crippen LogP contribution in [0.2, 0.25) is 5.22 Å². The van der Waals surface area contributed by atoms with E-state index < -0.39 is 0 Å². The van der Waals surface area contributed by atoms with Crippen LogP contribution in [0.4, 0.5) is 0 Å². The summed E-state index contributed by atoms with van der Waals surface area (Å²) in [6.07, 6.45) is 0. The van der Waals surface area contributed by atoms with Gasteiger partial charge in [-0.15, -0.1) is 0 Å². The molecule has 0 aliphatic rings. The molecule has 0 unspecified atom stereocenters. The maximum atomic E-state index is 5.68. The van der Waals surface area contributed by atoms with Crippen LogP contribution >= 0.6 is 11.6 Å². The number of nitrogens with zero attached hydrogens (tertiary/aromatic N) is 1. The second-order valence-corrected chi connectivity index (χ2v) is 3.43. The molecule has 16 heavy (non-hydrogen) atoms. The Morgan fingerprint density at radius 3 is 2.62 bits per heavy atom. The molecule has 0 amide bonds. The minimum Gasteiger partial charge on any atom is -0.493 e. The normalized spacial score (nSPS) is 10.2. The molecular weight excluding hydrogens is 230 g/mol. The van der Waals surface area contributed by atoms with Crippen molar-refractivity contribution < 1.29 is 14.0 Å². The number of hydrogen-bond acceptors (Lipinski definition) is 4. The van der Waals surface area contributed by atoms with Crippen LogP contribution in [0.25, 0.3) is 11.3 Å². The number of methoxy groups -OCH3 is 2. The molecule has 2 aromatic rings. The molecule has 0 spiro atoms. The lowest BCUT2D eigenvalue weighted by atomic mass is 10.1. The molecule has 0 bridgehead atoms. The summed E-state index contributed by atoms with van der Waals surface area (Å²) in [5.41, 5.74) is 1.39. The zero-order valence-corrected chi connectivity index (χ0v) is 9.62. The second-order valence-electron chi connectivity index (χ2n) is 3.06. The highest BCUT2D eigenvalue weighted by atomic mass is 35.5. The van der Waals surface area contributed by atoms with E-state index in [1.807, 2.05) is 18.2 Å². The predicted molar refractivity (Wildman–Crippen MR) is 60.1 cm³/mol. The van der Waals surface area contributed by atoms with Gasteiger partial charge in [0.2, 0.25) is 5.22 Å². The van der Waals surface area contributed by atoms with Crippen molar-refractivity contribution in [1.82, 2.24) is 5.16 Å². The molecule has 2 rings (SSSR count). The number of ether oxygens (including phenoxy) is 2. The van der Waals surface area contributed by atoms with Gasteiger partial charge in [-0.3, -0.25) is 0 Å². The Morgan fingerprint density at radius 2 is 2.06 bits per heavy atom. The van der Waals surface area contributed by atoms with Gasteiger partial charge >= 0.3 is 0 Å². The SMILES string of the molecule is COc1cccc(-c2cc(Cl)on2)c1OC. The van der Waals surface area contributed by atoms with Gasteiger partial charge in [0, 0.05) is 11.6 Å². The number of benzene rings is 1. The standard InChI is InChI=1S/C11H10ClNO3/c1-14-9-5-3-4-7(11(9)15-2)8-6-10(12)16-13-8/h3-6H,1-2H3. The van der Waals surface area contributed by atoms with Gasteiger partial charge in [0.15, 0.2) is 11.5 Å². The van der Waals surface area contributed by atoms with Crippen molar-refractivity contribution in [3.63, 3.8) is 0 Å². The largest absolute Gasteiger partial charge is 0.493 e. The number of rotatable bonds is 3. The van der Waals surface area contributed by atoms with Gasteiger partial charge in [-0.1, -0.05) is 11.2 Å². The first-order chi connectivity index (χ1) is 7.76. The fourth-order valence-corrected chi connectivity index (χ4v) is 1.61. The van der Waals surface area contributed by atoms with Crippen LogP contribution < -0.4 is 9.47 Å². The van der Waals surface area contributed by atoms with E-state index in [2.05, 4.69) is 5.16 Å². The molecular formula is C11H10ClNO3. The van der Waals surface area contributed by atoms with Gasteiger partial charge in [-0.05, 0) is 23.7 Å². The molecule has 5 heteroatoms. The molecule has 84 valence electrons. The zero-order valence-electron chi connectivity index (χ0n) is 8.86. The Balaban J connectivity index is 2.56. The van der Waals surface area contributed by atoms with Crippen molar-refractivity contribution in [3.8, 4) is 22.8 Å². The van der Waals surface area contributed by atoms with Crippen molar-refractivity contribution in [1.29, 1.82) is 0 Å². The van der Waals surface area contributed by atoms with Gasteiger partial charge in [-0.2, -0.15) is 0 Å². The van der Waals surface area contributed by atoms with E-state index in [0.29, 0.717) is 17.2 Å². The van der Waals surface area contributed by atoms with E-state index in [0.717, 1.165) is 5.56 Å². The summed E-state index contributed by atoms with van der Waals surface area (Å²) in [4.78, 5) is 0. The Kier molecular flexibility index (Phi) is 3.01. The summed E-state index contributed by atoms with van der Waals surface area (Å²) < 4.78 is 15.3. The van der Waals surface area contributed by atoms with Crippen LogP contribution in [0.3, 0.4) is 0 Å². The van der Waals surface area contributed by atoms with Crippen LogP contribution in [0.1, 0.15) is 0 Å². The van der Waals surface area contributed by atoms with Crippen molar-refractivity contribution in [3.05, 3.63) is 29.5 Å². The van der Waals surface area contributed by atoms with Crippen LogP contribution in [0.15, 0.2) is 28.8 Å². The zero-order chi connectivity index (χ0) is 11.5. The molecule has 0 aliphatic heterocycles. The highest BCUT2D eigenvalue weighted by Crippen LogP contribution is 2.37. The number of aromatic nitrogens is 1. The van der Waals surface area contributed by atoms with Crippen LogP contribution in [-0.2, 0) is 0 Å². The summed E-state index contributed by atoms with van der Waals surface area (Å²) in [6, 6.07) is 7.14. The molecule has 0 fully saturated rings.